The van der Waals surface area contributed by atoms with Crippen molar-refractivity contribution in [3.8, 4) is 0 Å². The van der Waals surface area contributed by atoms with Crippen molar-refractivity contribution in [1.29, 1.82) is 0 Å². The van der Waals surface area contributed by atoms with Crippen molar-refractivity contribution in [3.05, 3.63) is 0 Å². The standard InChI is InChI=1S/C15H30N2O/c1-11(2)9-17(10-12(3)4)15(18)14-7-5-6-13(14)8-16/h11-14H,5-10,16H2,1-4H3. The lowest BCUT2D eigenvalue weighted by atomic mass is 9.94. The van der Waals surface area contributed by atoms with Crippen molar-refractivity contribution in [2.75, 3.05) is 19.6 Å². The first-order valence-electron chi connectivity index (χ1n) is 7.44. The maximum Gasteiger partial charge on any atom is 0.226 e. The van der Waals surface area contributed by atoms with Crippen LogP contribution in [0.5, 0.6) is 0 Å². The highest BCUT2D eigenvalue weighted by molar-refractivity contribution is 5.79. The summed E-state index contributed by atoms with van der Waals surface area (Å²) in [5.41, 5.74) is 5.79. The molecule has 0 heterocycles. The fourth-order valence-electron chi connectivity index (χ4n) is 3.01. The summed E-state index contributed by atoms with van der Waals surface area (Å²) in [5, 5.41) is 0. The number of nitrogens with zero attached hydrogens (tertiary/aromatic N) is 1. The van der Waals surface area contributed by atoms with Gasteiger partial charge in [-0.25, -0.2) is 0 Å². The van der Waals surface area contributed by atoms with E-state index >= 15 is 0 Å². The average molecular weight is 254 g/mol. The molecule has 18 heavy (non-hydrogen) atoms. The Morgan fingerprint density at radius 3 is 2.17 bits per heavy atom. The molecule has 2 N–H and O–H groups in total. The molecule has 1 aliphatic rings. The number of carbonyl (C=O) groups excluding carboxylic acids is 1. The van der Waals surface area contributed by atoms with Gasteiger partial charge in [0.2, 0.25) is 5.91 Å². The van der Waals surface area contributed by atoms with Crippen LogP contribution in [0.25, 0.3) is 0 Å². The smallest absolute Gasteiger partial charge is 0.226 e. The highest BCUT2D eigenvalue weighted by atomic mass is 16.2. The van der Waals surface area contributed by atoms with Gasteiger partial charge in [-0.15, -0.1) is 0 Å². The van der Waals surface area contributed by atoms with E-state index in [9.17, 15) is 4.79 Å². The average Bonchev–Trinajstić information content (AvgIpc) is 2.73. The topological polar surface area (TPSA) is 46.3 Å². The Morgan fingerprint density at radius 1 is 1.17 bits per heavy atom. The van der Waals surface area contributed by atoms with E-state index in [0.29, 0.717) is 30.2 Å². The first-order valence-corrected chi connectivity index (χ1v) is 7.44. The molecule has 106 valence electrons. The van der Waals surface area contributed by atoms with Crippen LogP contribution in [0.4, 0.5) is 0 Å². The second-order valence-corrected chi connectivity index (χ2v) is 6.56. The van der Waals surface area contributed by atoms with Crippen LogP contribution in [0.15, 0.2) is 0 Å². The van der Waals surface area contributed by atoms with Crippen LogP contribution in [-0.2, 0) is 4.79 Å². The van der Waals surface area contributed by atoms with Crippen molar-refractivity contribution in [3.63, 3.8) is 0 Å². The van der Waals surface area contributed by atoms with Crippen LogP contribution in [0.1, 0.15) is 47.0 Å². The maximum atomic E-state index is 12.7. The van der Waals surface area contributed by atoms with Crippen LogP contribution >= 0.6 is 0 Å². The third-order valence-corrected chi connectivity index (χ3v) is 3.76. The third kappa shape index (κ3) is 4.27. The third-order valence-electron chi connectivity index (χ3n) is 3.76. The van der Waals surface area contributed by atoms with Gasteiger partial charge in [-0.3, -0.25) is 4.79 Å². The molecule has 2 unspecified atom stereocenters. The second kappa shape index (κ2) is 7.13. The molecule has 1 saturated carbocycles. The molecule has 1 aliphatic carbocycles. The Labute approximate surface area is 112 Å². The minimum atomic E-state index is 0.188. The summed E-state index contributed by atoms with van der Waals surface area (Å²) in [4.78, 5) is 14.7. The Bertz CT molecular complexity index is 253. The molecular weight excluding hydrogens is 224 g/mol. The minimum Gasteiger partial charge on any atom is -0.342 e. The van der Waals surface area contributed by atoms with Gasteiger partial charge in [0.1, 0.15) is 0 Å². The van der Waals surface area contributed by atoms with Crippen molar-refractivity contribution in [2.24, 2.45) is 29.4 Å². The van der Waals surface area contributed by atoms with Gasteiger partial charge < -0.3 is 10.6 Å². The van der Waals surface area contributed by atoms with E-state index in [-0.39, 0.29) is 5.92 Å². The highest BCUT2D eigenvalue weighted by Gasteiger charge is 2.34. The van der Waals surface area contributed by atoms with Gasteiger partial charge in [-0.1, -0.05) is 34.1 Å². The van der Waals surface area contributed by atoms with Crippen molar-refractivity contribution in [2.45, 2.75) is 47.0 Å². The zero-order valence-electron chi connectivity index (χ0n) is 12.5. The molecule has 0 saturated heterocycles. The molecule has 1 rings (SSSR count). The van der Waals surface area contributed by atoms with Crippen molar-refractivity contribution in [1.82, 2.24) is 4.90 Å². The predicted molar refractivity (Wildman–Crippen MR) is 76.1 cm³/mol. The van der Waals surface area contributed by atoms with E-state index in [1.807, 2.05) is 0 Å². The van der Waals surface area contributed by atoms with E-state index in [2.05, 4.69) is 32.6 Å². The Hall–Kier alpha value is -0.570. The van der Waals surface area contributed by atoms with Gasteiger partial charge in [0.25, 0.3) is 0 Å². The summed E-state index contributed by atoms with van der Waals surface area (Å²) in [6.45, 7) is 11.1. The number of carbonyl (C=O) groups is 1. The van der Waals surface area contributed by atoms with E-state index in [1.165, 1.54) is 0 Å². The number of hydrogen-bond acceptors (Lipinski definition) is 2. The Balaban J connectivity index is 2.68. The lowest BCUT2D eigenvalue weighted by Crippen LogP contribution is -2.42. The lowest BCUT2D eigenvalue weighted by Gasteiger charge is -2.30. The second-order valence-electron chi connectivity index (χ2n) is 6.56. The van der Waals surface area contributed by atoms with Gasteiger partial charge in [0, 0.05) is 19.0 Å². The zero-order chi connectivity index (χ0) is 13.7. The molecule has 1 fully saturated rings. The largest absolute Gasteiger partial charge is 0.342 e. The number of amides is 1. The number of hydrogen-bond donors (Lipinski definition) is 1. The van der Waals surface area contributed by atoms with Gasteiger partial charge in [-0.2, -0.15) is 0 Å². The Kier molecular flexibility index (Phi) is 6.13. The normalized spacial score (nSPS) is 23.9. The summed E-state index contributed by atoms with van der Waals surface area (Å²) < 4.78 is 0. The first kappa shape index (κ1) is 15.5. The molecule has 0 bridgehead atoms. The predicted octanol–water partition coefficient (Wildman–Crippen LogP) is 2.50. The van der Waals surface area contributed by atoms with Crippen molar-refractivity contribution < 1.29 is 4.79 Å². The molecule has 0 spiro atoms. The molecule has 0 radical (unpaired) electrons. The summed E-state index contributed by atoms with van der Waals surface area (Å²) in [6, 6.07) is 0. The molecule has 3 nitrogen and oxygen atoms in total. The van der Waals surface area contributed by atoms with Crippen LogP contribution in [0.3, 0.4) is 0 Å². The minimum absolute atomic E-state index is 0.188. The molecule has 0 aliphatic heterocycles. The first-order chi connectivity index (χ1) is 8.45. The summed E-state index contributed by atoms with van der Waals surface area (Å²) in [7, 11) is 0. The van der Waals surface area contributed by atoms with E-state index in [4.69, 9.17) is 5.73 Å². The molecule has 0 aromatic carbocycles. The SMILES string of the molecule is CC(C)CN(CC(C)C)C(=O)C1CCCC1CN. The van der Waals surface area contributed by atoms with Crippen LogP contribution in [0, 0.1) is 23.7 Å². The van der Waals surface area contributed by atoms with E-state index in [0.717, 1.165) is 32.4 Å². The summed E-state index contributed by atoms with van der Waals surface area (Å²) in [6.07, 6.45) is 3.33. The van der Waals surface area contributed by atoms with Crippen LogP contribution in [0.2, 0.25) is 0 Å². The number of nitrogens with two attached hydrogens (primary N) is 1. The molecule has 0 aromatic heterocycles. The zero-order valence-corrected chi connectivity index (χ0v) is 12.5. The fraction of sp³-hybridized carbons (Fsp3) is 0.933. The van der Waals surface area contributed by atoms with Gasteiger partial charge >= 0.3 is 0 Å². The number of rotatable bonds is 6. The Morgan fingerprint density at radius 2 is 1.72 bits per heavy atom. The van der Waals surface area contributed by atoms with Crippen LogP contribution < -0.4 is 5.73 Å². The summed E-state index contributed by atoms with van der Waals surface area (Å²) in [5.74, 6) is 2.02. The molecular formula is C15H30N2O. The van der Waals surface area contributed by atoms with Gasteiger partial charge in [0.15, 0.2) is 0 Å². The molecule has 1 amide bonds. The van der Waals surface area contributed by atoms with Crippen LogP contribution in [-0.4, -0.2) is 30.4 Å². The van der Waals surface area contributed by atoms with Gasteiger partial charge in [0.05, 0.1) is 0 Å². The molecule has 3 heteroatoms. The lowest BCUT2D eigenvalue weighted by molar-refractivity contribution is -0.137. The quantitative estimate of drug-likeness (QED) is 0.791. The fourth-order valence-corrected chi connectivity index (χ4v) is 3.01. The van der Waals surface area contributed by atoms with E-state index < -0.39 is 0 Å². The molecule has 2 atom stereocenters. The molecule has 0 aromatic rings. The van der Waals surface area contributed by atoms with Gasteiger partial charge in [-0.05, 0) is 37.1 Å². The summed E-state index contributed by atoms with van der Waals surface area (Å²) >= 11 is 0. The maximum absolute atomic E-state index is 12.7. The monoisotopic (exact) mass is 254 g/mol. The highest BCUT2D eigenvalue weighted by Crippen LogP contribution is 2.32. The van der Waals surface area contributed by atoms with E-state index in [1.54, 1.807) is 0 Å². The van der Waals surface area contributed by atoms with Crippen molar-refractivity contribution >= 4 is 5.91 Å².